The second kappa shape index (κ2) is 11.4. The van der Waals surface area contributed by atoms with E-state index in [4.69, 9.17) is 11.6 Å². The van der Waals surface area contributed by atoms with Gasteiger partial charge in [0, 0.05) is 28.6 Å². The molecule has 0 saturated carbocycles. The number of nitrogens with zero attached hydrogens (tertiary/aromatic N) is 1. The number of rotatable bonds is 10. The van der Waals surface area contributed by atoms with Gasteiger partial charge in [-0.1, -0.05) is 54.1 Å². The first-order valence-electron chi connectivity index (χ1n) is 10.0. The standard InChI is InChI=1S/C24H25ClN2O3S2/c1-32(29,30)27(23-8-3-2-4-9-23)17-19-10-12-21(13-11-19)24(28)26-14-15-31-18-20-6-5-7-22(25)16-20/h2-13,16H,14-15,17-18H2,1H3,(H,26,28). The van der Waals surface area contributed by atoms with Gasteiger partial charge in [0.25, 0.3) is 5.91 Å². The van der Waals surface area contributed by atoms with Crippen LogP contribution in [0, 0.1) is 0 Å². The summed E-state index contributed by atoms with van der Waals surface area (Å²) in [6, 6.07) is 23.7. The number of carbonyl (C=O) groups excluding carboxylic acids is 1. The van der Waals surface area contributed by atoms with Crippen molar-refractivity contribution in [2.45, 2.75) is 12.3 Å². The smallest absolute Gasteiger partial charge is 0.251 e. The van der Waals surface area contributed by atoms with Gasteiger partial charge >= 0.3 is 0 Å². The minimum Gasteiger partial charge on any atom is -0.351 e. The Bertz CT molecular complexity index is 1140. The first-order valence-corrected chi connectivity index (χ1v) is 13.4. The molecule has 0 fully saturated rings. The van der Waals surface area contributed by atoms with E-state index in [0.29, 0.717) is 17.8 Å². The molecule has 3 rings (SSSR count). The van der Waals surface area contributed by atoms with Gasteiger partial charge in [-0.25, -0.2) is 8.42 Å². The lowest BCUT2D eigenvalue weighted by atomic mass is 10.1. The highest BCUT2D eigenvalue weighted by Gasteiger charge is 2.17. The Morgan fingerprint density at radius 3 is 2.34 bits per heavy atom. The molecule has 0 aliphatic heterocycles. The highest BCUT2D eigenvalue weighted by atomic mass is 35.5. The molecular formula is C24H25ClN2O3S2. The van der Waals surface area contributed by atoms with E-state index in [2.05, 4.69) is 5.32 Å². The van der Waals surface area contributed by atoms with Crippen molar-refractivity contribution in [3.63, 3.8) is 0 Å². The van der Waals surface area contributed by atoms with Crippen LogP contribution < -0.4 is 9.62 Å². The van der Waals surface area contributed by atoms with Gasteiger partial charge < -0.3 is 5.32 Å². The van der Waals surface area contributed by atoms with Crippen LogP contribution in [0.2, 0.25) is 5.02 Å². The van der Waals surface area contributed by atoms with Crippen molar-refractivity contribution < 1.29 is 13.2 Å². The number of benzene rings is 3. The number of amides is 1. The number of nitrogens with one attached hydrogen (secondary N) is 1. The van der Waals surface area contributed by atoms with E-state index in [1.807, 2.05) is 30.3 Å². The van der Waals surface area contributed by atoms with Gasteiger partial charge in [-0.3, -0.25) is 9.10 Å². The summed E-state index contributed by atoms with van der Waals surface area (Å²) in [7, 11) is -3.44. The third kappa shape index (κ3) is 7.29. The third-order valence-corrected chi connectivity index (χ3v) is 7.08. The summed E-state index contributed by atoms with van der Waals surface area (Å²) >= 11 is 7.71. The average Bonchev–Trinajstić information content (AvgIpc) is 2.77. The highest BCUT2D eigenvalue weighted by Crippen LogP contribution is 2.20. The predicted octanol–water partition coefficient (Wildman–Crippen LogP) is 4.97. The number of halogens is 1. The lowest BCUT2D eigenvalue weighted by Crippen LogP contribution is -2.29. The Morgan fingerprint density at radius 2 is 1.69 bits per heavy atom. The number of hydrogen-bond donors (Lipinski definition) is 1. The molecule has 0 aliphatic rings. The summed E-state index contributed by atoms with van der Waals surface area (Å²) in [5.41, 5.74) is 3.10. The number of hydrogen-bond acceptors (Lipinski definition) is 4. The zero-order valence-corrected chi connectivity index (χ0v) is 20.1. The van der Waals surface area contributed by atoms with E-state index in [9.17, 15) is 13.2 Å². The van der Waals surface area contributed by atoms with Crippen LogP contribution in [0.25, 0.3) is 0 Å². The Morgan fingerprint density at radius 1 is 0.969 bits per heavy atom. The van der Waals surface area contributed by atoms with Crippen LogP contribution in [0.4, 0.5) is 5.69 Å². The quantitative estimate of drug-likeness (QED) is 0.409. The van der Waals surface area contributed by atoms with Crippen LogP contribution in [-0.2, 0) is 22.3 Å². The first kappa shape index (κ1) is 24.2. The molecule has 5 nitrogen and oxygen atoms in total. The van der Waals surface area contributed by atoms with E-state index in [0.717, 1.165) is 27.7 Å². The van der Waals surface area contributed by atoms with Gasteiger partial charge in [0.2, 0.25) is 10.0 Å². The number of para-hydroxylation sites is 1. The van der Waals surface area contributed by atoms with E-state index >= 15 is 0 Å². The molecule has 8 heteroatoms. The van der Waals surface area contributed by atoms with Crippen LogP contribution in [0.15, 0.2) is 78.9 Å². The third-order valence-electron chi connectivity index (χ3n) is 4.68. The fraction of sp³-hybridized carbons (Fsp3) is 0.208. The second-order valence-corrected chi connectivity index (χ2v) is 10.7. The monoisotopic (exact) mass is 488 g/mol. The molecule has 0 aromatic heterocycles. The molecule has 0 atom stereocenters. The van der Waals surface area contributed by atoms with Crippen molar-refractivity contribution in [1.29, 1.82) is 0 Å². The topological polar surface area (TPSA) is 66.5 Å². The van der Waals surface area contributed by atoms with Crippen LogP contribution in [0.5, 0.6) is 0 Å². The Kier molecular flexibility index (Phi) is 8.61. The second-order valence-electron chi connectivity index (χ2n) is 7.24. The van der Waals surface area contributed by atoms with E-state index in [-0.39, 0.29) is 12.5 Å². The maximum absolute atomic E-state index is 12.4. The molecule has 1 N–H and O–H groups in total. The number of anilines is 1. The summed E-state index contributed by atoms with van der Waals surface area (Å²) in [6.45, 7) is 0.757. The summed E-state index contributed by atoms with van der Waals surface area (Å²) in [6.07, 6.45) is 1.19. The van der Waals surface area contributed by atoms with Crippen LogP contribution >= 0.6 is 23.4 Å². The summed E-state index contributed by atoms with van der Waals surface area (Å²) in [4.78, 5) is 12.4. The average molecular weight is 489 g/mol. The Labute approximate surface area is 198 Å². The van der Waals surface area contributed by atoms with Crippen LogP contribution in [0.3, 0.4) is 0 Å². The van der Waals surface area contributed by atoms with Gasteiger partial charge in [0.1, 0.15) is 0 Å². The molecule has 0 unspecified atom stereocenters. The minimum atomic E-state index is -3.44. The van der Waals surface area contributed by atoms with Crippen LogP contribution in [-0.4, -0.2) is 32.9 Å². The minimum absolute atomic E-state index is 0.150. The first-order chi connectivity index (χ1) is 15.3. The molecule has 0 spiro atoms. The van der Waals surface area contributed by atoms with Crippen LogP contribution in [0.1, 0.15) is 21.5 Å². The summed E-state index contributed by atoms with van der Waals surface area (Å²) in [5.74, 6) is 1.48. The normalized spacial score (nSPS) is 11.2. The Balaban J connectivity index is 1.50. The van der Waals surface area contributed by atoms with E-state index in [1.165, 1.54) is 10.6 Å². The molecule has 1 amide bonds. The van der Waals surface area contributed by atoms with Crippen molar-refractivity contribution in [2.75, 3.05) is 22.9 Å². The predicted molar refractivity (Wildman–Crippen MR) is 134 cm³/mol. The molecule has 0 aliphatic carbocycles. The maximum Gasteiger partial charge on any atom is 0.251 e. The fourth-order valence-corrected chi connectivity index (χ4v) is 4.98. The lowest BCUT2D eigenvalue weighted by molar-refractivity contribution is 0.0956. The molecule has 0 heterocycles. The van der Waals surface area contributed by atoms with Crippen molar-refractivity contribution in [3.05, 3.63) is 101 Å². The molecule has 168 valence electrons. The van der Waals surface area contributed by atoms with Gasteiger partial charge in [0.05, 0.1) is 18.5 Å². The molecule has 0 bridgehead atoms. The van der Waals surface area contributed by atoms with Gasteiger partial charge in [-0.05, 0) is 47.5 Å². The van der Waals surface area contributed by atoms with Crippen molar-refractivity contribution >= 4 is 45.0 Å². The lowest BCUT2D eigenvalue weighted by Gasteiger charge is -2.22. The zero-order chi connectivity index (χ0) is 23.0. The largest absolute Gasteiger partial charge is 0.351 e. The van der Waals surface area contributed by atoms with E-state index in [1.54, 1.807) is 60.3 Å². The Hall–Kier alpha value is -2.48. The number of thioether (sulfide) groups is 1. The number of carbonyl (C=O) groups is 1. The van der Waals surface area contributed by atoms with Gasteiger partial charge in [0.15, 0.2) is 0 Å². The van der Waals surface area contributed by atoms with Crippen molar-refractivity contribution in [2.24, 2.45) is 0 Å². The molecule has 32 heavy (non-hydrogen) atoms. The summed E-state index contributed by atoms with van der Waals surface area (Å²) in [5, 5.41) is 3.64. The maximum atomic E-state index is 12.4. The fourth-order valence-electron chi connectivity index (χ4n) is 3.08. The molecule has 0 radical (unpaired) electrons. The zero-order valence-electron chi connectivity index (χ0n) is 17.7. The molecular weight excluding hydrogens is 464 g/mol. The number of sulfonamides is 1. The SMILES string of the molecule is CS(=O)(=O)N(Cc1ccc(C(=O)NCCSCc2cccc(Cl)c2)cc1)c1ccccc1. The van der Waals surface area contributed by atoms with Crippen molar-refractivity contribution in [3.8, 4) is 0 Å². The van der Waals surface area contributed by atoms with Gasteiger partial charge in [-0.2, -0.15) is 11.8 Å². The molecule has 3 aromatic rings. The molecule has 0 saturated heterocycles. The molecule has 3 aromatic carbocycles. The van der Waals surface area contributed by atoms with Gasteiger partial charge in [-0.15, -0.1) is 0 Å². The van der Waals surface area contributed by atoms with E-state index < -0.39 is 10.0 Å². The summed E-state index contributed by atoms with van der Waals surface area (Å²) < 4.78 is 25.8. The van der Waals surface area contributed by atoms with Crippen molar-refractivity contribution in [1.82, 2.24) is 5.32 Å². The highest BCUT2D eigenvalue weighted by molar-refractivity contribution is 7.98.